The highest BCUT2D eigenvalue weighted by molar-refractivity contribution is 6.02. The molecule has 1 amide bonds. The zero-order valence-corrected chi connectivity index (χ0v) is 19.2. The quantitative estimate of drug-likeness (QED) is 0.645. The number of carbonyl (C=O) groups is 1. The van der Waals surface area contributed by atoms with E-state index in [0.717, 1.165) is 53.2 Å². The van der Waals surface area contributed by atoms with E-state index in [9.17, 15) is 4.79 Å². The van der Waals surface area contributed by atoms with Crippen LogP contribution in [0.25, 0.3) is 16.6 Å². The average Bonchev–Trinajstić information content (AvgIpc) is 3.30. The first-order valence-corrected chi connectivity index (χ1v) is 11.3. The summed E-state index contributed by atoms with van der Waals surface area (Å²) in [6, 6.07) is 8.59. The van der Waals surface area contributed by atoms with Crippen LogP contribution in [0, 0.1) is 11.3 Å². The summed E-state index contributed by atoms with van der Waals surface area (Å²) in [6.45, 7) is 8.44. The standard InChI is InChI=1S/C25H31N5O2/c1-15-5-8-22(25(15,2)3)28-23-18(24(26)31)13-27-30-14-17(11-20(23)30)16-6-7-19-21(12-16)32-10-9-29(19)4/h6-7,11-15,22,28H,5,8-10H2,1-4H3,(H2,26,31)/t15?,22-/m1/s1. The Morgan fingerprint density at radius 2 is 2.06 bits per heavy atom. The molecule has 5 rings (SSSR count). The summed E-state index contributed by atoms with van der Waals surface area (Å²) in [6.07, 6.45) is 5.78. The molecule has 3 aromatic rings. The number of likely N-dealkylation sites (N-methyl/N-ethyl adjacent to an activating group) is 1. The third-order valence-electron chi connectivity index (χ3n) is 7.67. The van der Waals surface area contributed by atoms with Crippen LogP contribution in [0.15, 0.2) is 36.7 Å². The molecule has 0 spiro atoms. The molecule has 2 aromatic heterocycles. The summed E-state index contributed by atoms with van der Waals surface area (Å²) in [4.78, 5) is 14.4. The Balaban J connectivity index is 1.58. The number of nitrogens with zero attached hydrogens (tertiary/aromatic N) is 3. The van der Waals surface area contributed by atoms with Crippen molar-refractivity contribution in [2.75, 3.05) is 30.4 Å². The monoisotopic (exact) mass is 433 g/mol. The highest BCUT2D eigenvalue weighted by Gasteiger charge is 2.41. The lowest BCUT2D eigenvalue weighted by molar-refractivity contribution is 0.100. The second-order valence-corrected chi connectivity index (χ2v) is 9.81. The summed E-state index contributed by atoms with van der Waals surface area (Å²) < 4.78 is 7.71. The normalized spacial score (nSPS) is 21.9. The molecule has 1 aliphatic carbocycles. The van der Waals surface area contributed by atoms with Crippen LogP contribution in [0.2, 0.25) is 0 Å². The predicted octanol–water partition coefficient (Wildman–Crippen LogP) is 4.17. The molecular formula is C25H31N5O2. The lowest BCUT2D eigenvalue weighted by Crippen LogP contribution is -2.35. The molecule has 1 aliphatic heterocycles. The van der Waals surface area contributed by atoms with Gasteiger partial charge in [-0.1, -0.05) is 26.8 Å². The summed E-state index contributed by atoms with van der Waals surface area (Å²) in [5, 5.41) is 8.15. The van der Waals surface area contributed by atoms with Crippen molar-refractivity contribution in [3.8, 4) is 16.9 Å². The zero-order valence-electron chi connectivity index (χ0n) is 19.2. The molecule has 32 heavy (non-hydrogen) atoms. The molecule has 2 aliphatic rings. The SMILES string of the molecule is CC1CC[C@@H](Nc2c(C(N)=O)cnn3cc(-c4ccc5c(c4)OCCN5C)cc23)C1(C)C. The van der Waals surface area contributed by atoms with Gasteiger partial charge in [0.15, 0.2) is 0 Å². The predicted molar refractivity (Wildman–Crippen MR) is 128 cm³/mol. The maximum Gasteiger partial charge on any atom is 0.252 e. The minimum atomic E-state index is -0.473. The Labute approximate surface area is 188 Å². The summed E-state index contributed by atoms with van der Waals surface area (Å²) in [7, 11) is 2.08. The van der Waals surface area contributed by atoms with Gasteiger partial charge < -0.3 is 20.7 Å². The highest BCUT2D eigenvalue weighted by atomic mass is 16.5. The van der Waals surface area contributed by atoms with E-state index in [1.54, 1.807) is 6.20 Å². The zero-order chi connectivity index (χ0) is 22.6. The van der Waals surface area contributed by atoms with Gasteiger partial charge in [0.05, 0.1) is 35.2 Å². The molecule has 3 N–H and O–H groups in total. The number of hydrogen-bond acceptors (Lipinski definition) is 5. The number of benzene rings is 1. The molecular weight excluding hydrogens is 402 g/mol. The first-order chi connectivity index (χ1) is 15.3. The Morgan fingerprint density at radius 3 is 2.78 bits per heavy atom. The molecule has 2 atom stereocenters. The second-order valence-electron chi connectivity index (χ2n) is 9.81. The molecule has 0 radical (unpaired) electrons. The summed E-state index contributed by atoms with van der Waals surface area (Å²) in [5.74, 6) is 1.02. The van der Waals surface area contributed by atoms with Crippen LogP contribution < -0.4 is 20.7 Å². The number of anilines is 2. The molecule has 0 saturated heterocycles. The topological polar surface area (TPSA) is 84.9 Å². The van der Waals surface area contributed by atoms with Crippen LogP contribution >= 0.6 is 0 Å². The van der Waals surface area contributed by atoms with Crippen LogP contribution in [0.5, 0.6) is 5.75 Å². The molecule has 1 unspecified atom stereocenters. The fourth-order valence-corrected chi connectivity index (χ4v) is 5.03. The maximum absolute atomic E-state index is 12.2. The van der Waals surface area contributed by atoms with Gasteiger partial charge in [0, 0.05) is 24.8 Å². The lowest BCUT2D eigenvalue weighted by Gasteiger charge is -2.33. The first kappa shape index (κ1) is 20.7. The van der Waals surface area contributed by atoms with Crippen molar-refractivity contribution in [2.45, 2.75) is 39.7 Å². The van der Waals surface area contributed by atoms with E-state index in [4.69, 9.17) is 10.5 Å². The molecule has 7 heteroatoms. The van der Waals surface area contributed by atoms with Gasteiger partial charge in [0.25, 0.3) is 5.91 Å². The molecule has 1 aromatic carbocycles. The second kappa shape index (κ2) is 7.43. The van der Waals surface area contributed by atoms with Crippen LogP contribution in [-0.2, 0) is 0 Å². The number of aromatic nitrogens is 2. The molecule has 0 bridgehead atoms. The van der Waals surface area contributed by atoms with E-state index < -0.39 is 5.91 Å². The van der Waals surface area contributed by atoms with Gasteiger partial charge in [0.2, 0.25) is 0 Å². The average molecular weight is 434 g/mol. The Bertz CT molecular complexity index is 1200. The van der Waals surface area contributed by atoms with Crippen LogP contribution in [0.4, 0.5) is 11.4 Å². The van der Waals surface area contributed by atoms with Gasteiger partial charge >= 0.3 is 0 Å². The number of carbonyl (C=O) groups excluding carboxylic acids is 1. The van der Waals surface area contributed by atoms with Gasteiger partial charge in [-0.2, -0.15) is 5.10 Å². The summed E-state index contributed by atoms with van der Waals surface area (Å²) in [5.41, 5.74) is 11.0. The van der Waals surface area contributed by atoms with Gasteiger partial charge in [0.1, 0.15) is 12.4 Å². The number of primary amides is 1. The number of fused-ring (bicyclic) bond motifs is 2. The Morgan fingerprint density at radius 1 is 1.25 bits per heavy atom. The van der Waals surface area contributed by atoms with Crippen molar-refractivity contribution in [3.05, 3.63) is 42.2 Å². The van der Waals surface area contributed by atoms with E-state index >= 15 is 0 Å². The smallest absolute Gasteiger partial charge is 0.252 e. The van der Waals surface area contributed by atoms with Crippen LogP contribution in [0.3, 0.4) is 0 Å². The van der Waals surface area contributed by atoms with E-state index in [1.807, 2.05) is 10.7 Å². The van der Waals surface area contributed by atoms with Crippen molar-refractivity contribution in [1.29, 1.82) is 0 Å². The van der Waals surface area contributed by atoms with E-state index in [0.29, 0.717) is 18.1 Å². The Kier molecular flexibility index (Phi) is 4.80. The number of hydrogen-bond donors (Lipinski definition) is 2. The van der Waals surface area contributed by atoms with Crippen molar-refractivity contribution < 1.29 is 9.53 Å². The van der Waals surface area contributed by atoms with Gasteiger partial charge in [-0.3, -0.25) is 4.79 Å². The molecule has 1 fully saturated rings. The van der Waals surface area contributed by atoms with Gasteiger partial charge in [-0.25, -0.2) is 4.52 Å². The molecule has 1 saturated carbocycles. The Hall–Kier alpha value is -3.22. The van der Waals surface area contributed by atoms with Crippen molar-refractivity contribution >= 4 is 22.8 Å². The van der Waals surface area contributed by atoms with Crippen LogP contribution in [0.1, 0.15) is 44.0 Å². The number of nitrogens with two attached hydrogens (primary N) is 1. The van der Waals surface area contributed by atoms with Gasteiger partial charge in [-0.05, 0) is 47.9 Å². The van der Waals surface area contributed by atoms with Crippen molar-refractivity contribution in [2.24, 2.45) is 17.1 Å². The van der Waals surface area contributed by atoms with Crippen LogP contribution in [-0.4, -0.2) is 41.8 Å². The third-order valence-corrected chi connectivity index (χ3v) is 7.67. The molecule has 168 valence electrons. The summed E-state index contributed by atoms with van der Waals surface area (Å²) >= 11 is 0. The number of nitrogens with one attached hydrogen (secondary N) is 1. The third kappa shape index (κ3) is 3.27. The number of rotatable bonds is 4. The maximum atomic E-state index is 12.2. The van der Waals surface area contributed by atoms with E-state index in [-0.39, 0.29) is 11.5 Å². The number of ether oxygens (including phenoxy) is 1. The number of amides is 1. The largest absolute Gasteiger partial charge is 0.490 e. The minimum absolute atomic E-state index is 0.118. The van der Waals surface area contributed by atoms with Crippen molar-refractivity contribution in [3.63, 3.8) is 0 Å². The highest BCUT2D eigenvalue weighted by Crippen LogP contribution is 2.45. The molecule has 3 heterocycles. The fourth-order valence-electron chi connectivity index (χ4n) is 5.03. The minimum Gasteiger partial charge on any atom is -0.490 e. The van der Waals surface area contributed by atoms with E-state index in [2.05, 4.69) is 67.4 Å². The first-order valence-electron chi connectivity index (χ1n) is 11.3. The van der Waals surface area contributed by atoms with E-state index in [1.165, 1.54) is 0 Å². The lowest BCUT2D eigenvalue weighted by atomic mass is 9.80. The fraction of sp³-hybridized carbons (Fsp3) is 0.440. The van der Waals surface area contributed by atoms with Gasteiger partial charge in [-0.15, -0.1) is 0 Å². The van der Waals surface area contributed by atoms with Crippen molar-refractivity contribution in [1.82, 2.24) is 9.61 Å². The molecule has 7 nitrogen and oxygen atoms in total.